The molecule has 4 atom stereocenters. The maximum absolute atomic E-state index is 12.5. The zero-order valence-corrected chi connectivity index (χ0v) is 16.1. The maximum Gasteiger partial charge on any atom is 0.251 e. The third kappa shape index (κ3) is 4.66. The third-order valence-corrected chi connectivity index (χ3v) is 6.27. The Labute approximate surface area is 157 Å². The number of nitrogens with one attached hydrogen (secondary N) is 2. The van der Waals surface area contributed by atoms with E-state index >= 15 is 0 Å². The van der Waals surface area contributed by atoms with E-state index in [4.69, 9.17) is 0 Å². The highest BCUT2D eigenvalue weighted by molar-refractivity contribution is 5.98. The Hall–Kier alpha value is -1.84. The zero-order valence-electron chi connectivity index (χ0n) is 16.1. The van der Waals surface area contributed by atoms with Gasteiger partial charge < -0.3 is 10.6 Å². The summed E-state index contributed by atoms with van der Waals surface area (Å²) in [4.78, 5) is 25.0. The predicted octanol–water partition coefficient (Wildman–Crippen LogP) is 4.30. The number of carbonyl (C=O) groups excluding carboxylic acids is 2. The number of rotatable bonds is 4. The highest BCUT2D eigenvalue weighted by Gasteiger charge is 2.24. The fourth-order valence-electron chi connectivity index (χ4n) is 4.34. The first-order valence-electron chi connectivity index (χ1n) is 10.3. The summed E-state index contributed by atoms with van der Waals surface area (Å²) in [7, 11) is 0. The summed E-state index contributed by atoms with van der Waals surface area (Å²) in [5.74, 6) is 1.01. The second-order valence-electron chi connectivity index (χ2n) is 8.26. The standard InChI is InChI=1S/C22H32N2O2/c1-15-7-3-5-9-19(15)23-21(25)17-11-13-18(14-12-17)22(26)24-20-10-6-4-8-16(20)2/h11-16,19-20H,3-10H2,1-2H3,(H,23,25)(H,24,26)/t15-,16-,19-,20+/m1/s1. The van der Waals surface area contributed by atoms with Crippen LogP contribution in [0.25, 0.3) is 0 Å². The van der Waals surface area contributed by atoms with E-state index in [2.05, 4.69) is 24.5 Å². The minimum atomic E-state index is -0.0309. The molecule has 2 amide bonds. The molecule has 0 unspecified atom stereocenters. The van der Waals surface area contributed by atoms with Crippen molar-refractivity contribution in [3.8, 4) is 0 Å². The molecule has 0 heterocycles. The van der Waals surface area contributed by atoms with E-state index in [1.807, 2.05) is 0 Å². The number of benzene rings is 1. The summed E-state index contributed by atoms with van der Waals surface area (Å²) < 4.78 is 0. The molecule has 2 fully saturated rings. The molecule has 2 saturated carbocycles. The number of hydrogen-bond acceptors (Lipinski definition) is 2. The molecule has 1 aromatic rings. The van der Waals surface area contributed by atoms with Crippen molar-refractivity contribution in [2.75, 3.05) is 0 Å². The second kappa shape index (κ2) is 8.70. The normalized spacial score (nSPS) is 29.0. The SMILES string of the molecule is C[C@@H]1CCCC[C@@H]1NC(=O)c1ccc(C(=O)N[C@@H]2CCCC[C@H]2C)cc1. The minimum Gasteiger partial charge on any atom is -0.349 e. The van der Waals surface area contributed by atoms with Crippen LogP contribution in [-0.2, 0) is 0 Å². The van der Waals surface area contributed by atoms with Gasteiger partial charge in [-0.3, -0.25) is 9.59 Å². The van der Waals surface area contributed by atoms with Gasteiger partial charge in [0, 0.05) is 23.2 Å². The lowest BCUT2D eigenvalue weighted by Crippen LogP contribution is -2.41. The Morgan fingerprint density at radius 3 is 1.38 bits per heavy atom. The molecule has 0 radical (unpaired) electrons. The van der Waals surface area contributed by atoms with Crippen LogP contribution in [0, 0.1) is 11.8 Å². The number of amides is 2. The van der Waals surface area contributed by atoms with Crippen molar-refractivity contribution in [2.24, 2.45) is 11.8 Å². The first-order chi connectivity index (χ1) is 12.5. The average molecular weight is 357 g/mol. The van der Waals surface area contributed by atoms with Gasteiger partial charge in [-0.25, -0.2) is 0 Å². The third-order valence-electron chi connectivity index (χ3n) is 6.27. The van der Waals surface area contributed by atoms with E-state index in [1.165, 1.54) is 38.5 Å². The summed E-state index contributed by atoms with van der Waals surface area (Å²) in [6, 6.07) is 7.60. The van der Waals surface area contributed by atoms with Gasteiger partial charge in [0.15, 0.2) is 0 Å². The van der Waals surface area contributed by atoms with Gasteiger partial charge in [0.2, 0.25) is 0 Å². The first-order valence-corrected chi connectivity index (χ1v) is 10.3. The van der Waals surface area contributed by atoms with Crippen molar-refractivity contribution in [3.63, 3.8) is 0 Å². The van der Waals surface area contributed by atoms with Crippen LogP contribution in [0.4, 0.5) is 0 Å². The molecule has 0 saturated heterocycles. The molecule has 142 valence electrons. The van der Waals surface area contributed by atoms with Crippen LogP contribution < -0.4 is 10.6 Å². The fraction of sp³-hybridized carbons (Fsp3) is 0.636. The van der Waals surface area contributed by atoms with Gasteiger partial charge in [0.05, 0.1) is 0 Å². The molecule has 2 aliphatic rings. The van der Waals surface area contributed by atoms with Crippen molar-refractivity contribution in [3.05, 3.63) is 35.4 Å². The number of carbonyl (C=O) groups is 2. The van der Waals surface area contributed by atoms with Crippen molar-refractivity contribution < 1.29 is 9.59 Å². The Balaban J connectivity index is 1.57. The Morgan fingerprint density at radius 2 is 1.04 bits per heavy atom. The summed E-state index contributed by atoms with van der Waals surface area (Å²) in [6.45, 7) is 4.42. The van der Waals surface area contributed by atoms with E-state index in [0.29, 0.717) is 23.0 Å². The van der Waals surface area contributed by atoms with Crippen LogP contribution in [0.15, 0.2) is 24.3 Å². The maximum atomic E-state index is 12.5. The van der Waals surface area contributed by atoms with Crippen LogP contribution in [0.5, 0.6) is 0 Å². The number of hydrogen-bond donors (Lipinski definition) is 2. The van der Waals surface area contributed by atoms with Crippen LogP contribution >= 0.6 is 0 Å². The summed E-state index contributed by atoms with van der Waals surface area (Å²) in [5, 5.41) is 6.33. The molecule has 4 heteroatoms. The van der Waals surface area contributed by atoms with Crippen molar-refractivity contribution in [1.82, 2.24) is 10.6 Å². The van der Waals surface area contributed by atoms with Gasteiger partial charge in [0.25, 0.3) is 11.8 Å². The molecule has 3 rings (SSSR count). The van der Waals surface area contributed by atoms with Crippen LogP contribution in [0.3, 0.4) is 0 Å². The summed E-state index contributed by atoms with van der Waals surface area (Å²) in [5.41, 5.74) is 1.26. The molecule has 0 spiro atoms. The summed E-state index contributed by atoms with van der Waals surface area (Å²) >= 11 is 0. The molecular weight excluding hydrogens is 324 g/mol. The molecule has 0 aliphatic heterocycles. The smallest absolute Gasteiger partial charge is 0.251 e. The van der Waals surface area contributed by atoms with E-state index in [9.17, 15) is 9.59 Å². The predicted molar refractivity (Wildman–Crippen MR) is 104 cm³/mol. The molecule has 0 aromatic heterocycles. The first kappa shape index (κ1) is 18.9. The molecule has 4 nitrogen and oxygen atoms in total. The highest BCUT2D eigenvalue weighted by atomic mass is 16.2. The minimum absolute atomic E-state index is 0.0309. The van der Waals surface area contributed by atoms with Crippen molar-refractivity contribution in [2.45, 2.75) is 77.3 Å². The molecular formula is C22H32N2O2. The topological polar surface area (TPSA) is 58.2 Å². The Bertz CT molecular complexity index is 571. The lowest BCUT2D eigenvalue weighted by Gasteiger charge is -2.29. The fourth-order valence-corrected chi connectivity index (χ4v) is 4.34. The zero-order chi connectivity index (χ0) is 18.5. The van der Waals surface area contributed by atoms with Gasteiger partial charge in [-0.2, -0.15) is 0 Å². The molecule has 2 aliphatic carbocycles. The van der Waals surface area contributed by atoms with Crippen molar-refractivity contribution >= 4 is 11.8 Å². The Morgan fingerprint density at radius 1 is 0.692 bits per heavy atom. The summed E-state index contributed by atoms with van der Waals surface area (Å²) in [6.07, 6.45) is 9.39. The largest absolute Gasteiger partial charge is 0.349 e. The van der Waals surface area contributed by atoms with Gasteiger partial charge in [0.1, 0.15) is 0 Å². The highest BCUT2D eigenvalue weighted by Crippen LogP contribution is 2.25. The lowest BCUT2D eigenvalue weighted by atomic mass is 9.85. The van der Waals surface area contributed by atoms with Gasteiger partial charge in [-0.15, -0.1) is 0 Å². The second-order valence-corrected chi connectivity index (χ2v) is 8.26. The monoisotopic (exact) mass is 356 g/mol. The molecule has 1 aromatic carbocycles. The van der Waals surface area contributed by atoms with Gasteiger partial charge in [-0.1, -0.05) is 39.5 Å². The molecule has 0 bridgehead atoms. The quantitative estimate of drug-likeness (QED) is 0.845. The van der Waals surface area contributed by atoms with E-state index in [1.54, 1.807) is 24.3 Å². The van der Waals surface area contributed by atoms with Gasteiger partial charge >= 0.3 is 0 Å². The van der Waals surface area contributed by atoms with E-state index in [0.717, 1.165) is 12.8 Å². The van der Waals surface area contributed by atoms with E-state index < -0.39 is 0 Å². The van der Waals surface area contributed by atoms with Crippen LogP contribution in [-0.4, -0.2) is 23.9 Å². The van der Waals surface area contributed by atoms with Crippen LogP contribution in [0.1, 0.15) is 85.9 Å². The Kier molecular flexibility index (Phi) is 6.33. The lowest BCUT2D eigenvalue weighted by molar-refractivity contribution is 0.0898. The van der Waals surface area contributed by atoms with Gasteiger partial charge in [-0.05, 0) is 61.8 Å². The van der Waals surface area contributed by atoms with Crippen molar-refractivity contribution in [1.29, 1.82) is 0 Å². The average Bonchev–Trinajstić information content (AvgIpc) is 2.65. The van der Waals surface area contributed by atoms with Crippen LogP contribution in [0.2, 0.25) is 0 Å². The van der Waals surface area contributed by atoms with E-state index in [-0.39, 0.29) is 23.9 Å². The molecule has 2 N–H and O–H groups in total. The molecule has 26 heavy (non-hydrogen) atoms.